The van der Waals surface area contributed by atoms with Crippen LogP contribution in [0.4, 0.5) is 5.69 Å². The lowest BCUT2D eigenvalue weighted by Gasteiger charge is -2.15. The molecule has 2 N–H and O–H groups in total. The van der Waals surface area contributed by atoms with E-state index in [0.29, 0.717) is 15.7 Å². The van der Waals surface area contributed by atoms with E-state index >= 15 is 0 Å². The van der Waals surface area contributed by atoms with Crippen LogP contribution < -0.4 is 10.6 Å². The van der Waals surface area contributed by atoms with Crippen molar-refractivity contribution in [3.63, 3.8) is 0 Å². The average molecular weight is 330 g/mol. The maximum atomic E-state index is 11.8. The first kappa shape index (κ1) is 15.9. The van der Waals surface area contributed by atoms with Gasteiger partial charge in [-0.3, -0.25) is 9.59 Å². The fraction of sp³-hybridized carbons (Fsp3) is 0.429. The van der Waals surface area contributed by atoms with Gasteiger partial charge in [0.2, 0.25) is 11.8 Å². The summed E-state index contributed by atoms with van der Waals surface area (Å²) in [6.45, 7) is 1.69. The quantitative estimate of drug-likeness (QED) is 0.870. The highest BCUT2D eigenvalue weighted by molar-refractivity contribution is 6.42. The molecule has 114 valence electrons. The zero-order chi connectivity index (χ0) is 15.2. The first-order valence-electron chi connectivity index (χ1n) is 6.79. The van der Waals surface area contributed by atoms with E-state index in [4.69, 9.17) is 23.2 Å². The highest BCUT2D eigenvalue weighted by Gasteiger charge is 2.17. The van der Waals surface area contributed by atoms with Gasteiger partial charge in [-0.05, 0) is 31.0 Å². The molecule has 0 aliphatic carbocycles. The number of hydrogen-bond donors (Lipinski definition) is 2. The van der Waals surface area contributed by atoms with Gasteiger partial charge in [0.05, 0.1) is 23.1 Å². The molecule has 5 nitrogen and oxygen atoms in total. The molecule has 21 heavy (non-hydrogen) atoms. The van der Waals surface area contributed by atoms with Crippen LogP contribution in [0.2, 0.25) is 10.0 Å². The number of rotatable bonds is 5. The molecule has 2 amide bonds. The molecule has 1 heterocycles. The molecule has 1 aromatic rings. The summed E-state index contributed by atoms with van der Waals surface area (Å²) in [6, 6.07) is 5.03. The molecule has 1 aliphatic rings. The minimum Gasteiger partial charge on any atom is -0.376 e. The van der Waals surface area contributed by atoms with Gasteiger partial charge >= 0.3 is 0 Å². The van der Waals surface area contributed by atoms with Crippen molar-refractivity contribution in [3.8, 4) is 0 Å². The number of amides is 2. The van der Waals surface area contributed by atoms with Gasteiger partial charge in [-0.25, -0.2) is 0 Å². The summed E-state index contributed by atoms with van der Waals surface area (Å²) in [7, 11) is 0. The third-order valence-corrected chi connectivity index (χ3v) is 4.01. The standard InChI is InChI=1S/C14H17Cl2N3O2/c15-11-4-3-10(7-12(11)16)17-8-13(20)18-9-14(21)19-5-1-2-6-19/h3-4,7,17H,1-2,5-6,8-9H2,(H,18,20). The largest absolute Gasteiger partial charge is 0.376 e. The second kappa shape index (κ2) is 7.52. The summed E-state index contributed by atoms with van der Waals surface area (Å²) < 4.78 is 0. The zero-order valence-electron chi connectivity index (χ0n) is 11.5. The second-order valence-corrected chi connectivity index (χ2v) is 5.66. The van der Waals surface area contributed by atoms with Gasteiger partial charge in [-0.15, -0.1) is 0 Å². The van der Waals surface area contributed by atoms with Gasteiger partial charge in [0, 0.05) is 18.8 Å². The summed E-state index contributed by atoms with van der Waals surface area (Å²) in [6.07, 6.45) is 2.08. The SMILES string of the molecule is O=C(CNc1ccc(Cl)c(Cl)c1)NCC(=O)N1CCCC1. The number of carbonyl (C=O) groups is 2. The van der Waals surface area contributed by atoms with Gasteiger partial charge in [-0.1, -0.05) is 23.2 Å². The van der Waals surface area contributed by atoms with Gasteiger partial charge < -0.3 is 15.5 Å². The van der Waals surface area contributed by atoms with Gasteiger partial charge in [0.15, 0.2) is 0 Å². The highest BCUT2D eigenvalue weighted by Crippen LogP contribution is 2.24. The molecule has 0 atom stereocenters. The van der Waals surface area contributed by atoms with Gasteiger partial charge in [0.1, 0.15) is 0 Å². The number of benzene rings is 1. The lowest BCUT2D eigenvalue weighted by Crippen LogP contribution is -2.40. The Morgan fingerprint density at radius 3 is 2.48 bits per heavy atom. The van der Waals surface area contributed by atoms with Crippen LogP contribution in [0.25, 0.3) is 0 Å². The normalized spacial score (nSPS) is 14.1. The first-order valence-corrected chi connectivity index (χ1v) is 7.55. The van der Waals surface area contributed by atoms with Gasteiger partial charge in [0.25, 0.3) is 0 Å². The van der Waals surface area contributed by atoms with Crippen molar-refractivity contribution in [2.75, 3.05) is 31.5 Å². The summed E-state index contributed by atoms with van der Waals surface area (Å²) in [5, 5.41) is 6.41. The van der Waals surface area contributed by atoms with Crippen LogP contribution >= 0.6 is 23.2 Å². The third-order valence-electron chi connectivity index (χ3n) is 3.27. The van der Waals surface area contributed by atoms with Crippen molar-refractivity contribution in [3.05, 3.63) is 28.2 Å². The van der Waals surface area contributed by atoms with E-state index < -0.39 is 0 Å². The lowest BCUT2D eigenvalue weighted by molar-refractivity contribution is -0.131. The minimum atomic E-state index is -0.242. The molecule has 1 aromatic carbocycles. The molecule has 0 spiro atoms. The summed E-state index contributed by atoms with van der Waals surface area (Å²) in [5.41, 5.74) is 0.699. The van der Waals surface area contributed by atoms with E-state index in [1.165, 1.54) is 0 Å². The third kappa shape index (κ3) is 4.79. The monoisotopic (exact) mass is 329 g/mol. The molecule has 1 aliphatic heterocycles. The summed E-state index contributed by atoms with van der Waals surface area (Å²) in [4.78, 5) is 25.2. The number of nitrogens with zero attached hydrogens (tertiary/aromatic N) is 1. The average Bonchev–Trinajstić information content (AvgIpc) is 3.00. The molecule has 7 heteroatoms. The van der Waals surface area contributed by atoms with E-state index in [0.717, 1.165) is 25.9 Å². The van der Waals surface area contributed by atoms with E-state index in [9.17, 15) is 9.59 Å². The van der Waals surface area contributed by atoms with Crippen molar-refractivity contribution < 1.29 is 9.59 Å². The van der Waals surface area contributed by atoms with Crippen molar-refractivity contribution in [1.82, 2.24) is 10.2 Å². The maximum Gasteiger partial charge on any atom is 0.241 e. The molecule has 0 bridgehead atoms. The number of anilines is 1. The molecular formula is C14H17Cl2N3O2. The summed E-state index contributed by atoms with van der Waals surface area (Å²) >= 11 is 11.7. The Morgan fingerprint density at radius 1 is 1.10 bits per heavy atom. The molecule has 0 saturated carbocycles. The fourth-order valence-electron chi connectivity index (χ4n) is 2.10. The smallest absolute Gasteiger partial charge is 0.241 e. The highest BCUT2D eigenvalue weighted by atomic mass is 35.5. The van der Waals surface area contributed by atoms with Crippen LogP contribution in [0.5, 0.6) is 0 Å². The van der Waals surface area contributed by atoms with Crippen LogP contribution in [-0.4, -0.2) is 42.9 Å². The van der Waals surface area contributed by atoms with E-state index in [1.54, 1.807) is 23.1 Å². The predicted molar refractivity (Wildman–Crippen MR) is 83.8 cm³/mol. The number of halogens is 2. The summed E-state index contributed by atoms with van der Waals surface area (Å²) in [5.74, 6) is -0.274. The Balaban J connectivity index is 1.71. The molecular weight excluding hydrogens is 313 g/mol. The molecule has 1 saturated heterocycles. The topological polar surface area (TPSA) is 61.4 Å². The van der Waals surface area contributed by atoms with E-state index in [1.807, 2.05) is 0 Å². The second-order valence-electron chi connectivity index (χ2n) is 4.85. The Morgan fingerprint density at radius 2 is 1.81 bits per heavy atom. The van der Waals surface area contributed by atoms with Crippen LogP contribution in [0.1, 0.15) is 12.8 Å². The minimum absolute atomic E-state index is 0.0320. The zero-order valence-corrected chi connectivity index (χ0v) is 13.0. The van der Waals surface area contributed by atoms with Gasteiger partial charge in [-0.2, -0.15) is 0 Å². The van der Waals surface area contributed by atoms with Crippen molar-refractivity contribution in [1.29, 1.82) is 0 Å². The Bertz CT molecular complexity index is 531. The van der Waals surface area contributed by atoms with Crippen molar-refractivity contribution in [2.45, 2.75) is 12.8 Å². The first-order chi connectivity index (χ1) is 10.1. The van der Waals surface area contributed by atoms with Crippen LogP contribution in [-0.2, 0) is 9.59 Å². The van der Waals surface area contributed by atoms with Crippen LogP contribution in [0.3, 0.4) is 0 Å². The molecule has 0 radical (unpaired) electrons. The number of carbonyl (C=O) groups excluding carboxylic acids is 2. The number of hydrogen-bond acceptors (Lipinski definition) is 3. The predicted octanol–water partition coefficient (Wildman–Crippen LogP) is 2.14. The number of likely N-dealkylation sites (tertiary alicyclic amines) is 1. The number of nitrogens with one attached hydrogen (secondary N) is 2. The van der Waals surface area contributed by atoms with E-state index in [2.05, 4.69) is 10.6 Å². The maximum absolute atomic E-state index is 11.8. The Hall–Kier alpha value is -1.46. The van der Waals surface area contributed by atoms with E-state index in [-0.39, 0.29) is 24.9 Å². The van der Waals surface area contributed by atoms with Crippen molar-refractivity contribution in [2.24, 2.45) is 0 Å². The molecule has 0 unspecified atom stereocenters. The Labute approximate surface area is 133 Å². The lowest BCUT2D eigenvalue weighted by atomic mass is 10.3. The molecule has 1 fully saturated rings. The fourth-order valence-corrected chi connectivity index (χ4v) is 2.40. The van der Waals surface area contributed by atoms with Crippen LogP contribution in [0, 0.1) is 0 Å². The van der Waals surface area contributed by atoms with Crippen LogP contribution in [0.15, 0.2) is 18.2 Å². The molecule has 2 rings (SSSR count). The van der Waals surface area contributed by atoms with Crippen molar-refractivity contribution >= 4 is 40.7 Å². The Kier molecular flexibility index (Phi) is 5.70. The molecule has 0 aromatic heterocycles.